The Kier molecular flexibility index (Phi) is 3.66. The Hall–Kier alpha value is -0.830. The lowest BCUT2D eigenvalue weighted by molar-refractivity contribution is 0.139. The molecule has 1 heterocycles. The minimum atomic E-state index is -0.173. The van der Waals surface area contributed by atoms with E-state index in [1.54, 1.807) is 0 Å². The number of fused-ring (bicyclic) bond motifs is 1. The zero-order chi connectivity index (χ0) is 13.4. The molecular formula is C16H26N2O. The number of hydrogen-bond donors (Lipinski definition) is 1. The summed E-state index contributed by atoms with van der Waals surface area (Å²) in [6, 6.07) is 2.52. The van der Waals surface area contributed by atoms with Crippen molar-refractivity contribution in [2.45, 2.75) is 64.5 Å². The summed E-state index contributed by atoms with van der Waals surface area (Å²) in [5.41, 5.74) is 1.05. The van der Waals surface area contributed by atoms with Crippen molar-refractivity contribution in [3.05, 3.63) is 18.0 Å². The van der Waals surface area contributed by atoms with Crippen LogP contribution in [0, 0.1) is 17.8 Å². The van der Waals surface area contributed by atoms with Crippen LogP contribution in [-0.4, -0.2) is 21.0 Å². The highest BCUT2D eigenvalue weighted by molar-refractivity contribution is 5.08. The van der Waals surface area contributed by atoms with Crippen LogP contribution in [0.3, 0.4) is 0 Å². The molecule has 106 valence electrons. The summed E-state index contributed by atoms with van der Waals surface area (Å²) in [6.45, 7) is 4.36. The fourth-order valence-electron chi connectivity index (χ4n) is 3.89. The topological polar surface area (TPSA) is 38.0 Å². The molecule has 2 fully saturated rings. The van der Waals surface area contributed by atoms with Gasteiger partial charge in [0.25, 0.3) is 0 Å². The molecule has 2 aliphatic rings. The molecule has 0 spiro atoms. The predicted octanol–water partition coefficient (Wildman–Crippen LogP) is 3.19. The Labute approximate surface area is 116 Å². The van der Waals surface area contributed by atoms with Crippen molar-refractivity contribution in [1.29, 1.82) is 0 Å². The molecule has 0 saturated heterocycles. The quantitative estimate of drug-likeness (QED) is 0.885. The van der Waals surface area contributed by atoms with E-state index in [1.165, 1.54) is 25.7 Å². The number of hydrogen-bond acceptors (Lipinski definition) is 2. The van der Waals surface area contributed by atoms with Gasteiger partial charge in [-0.3, -0.25) is 4.68 Å². The Bertz CT molecular complexity index is 416. The highest BCUT2D eigenvalue weighted by atomic mass is 16.3. The number of aliphatic hydroxyl groups is 1. The maximum atomic E-state index is 10.4. The first-order chi connectivity index (χ1) is 9.20. The SMILES string of the molecule is CCC(C)n1ccc(CC(O)C2C3CCCCC32)n1. The summed E-state index contributed by atoms with van der Waals surface area (Å²) in [5, 5.41) is 15.0. The third-order valence-electron chi connectivity index (χ3n) is 5.29. The van der Waals surface area contributed by atoms with E-state index < -0.39 is 0 Å². The highest BCUT2D eigenvalue weighted by Crippen LogP contribution is 2.57. The van der Waals surface area contributed by atoms with Crippen molar-refractivity contribution in [3.8, 4) is 0 Å². The fraction of sp³-hybridized carbons (Fsp3) is 0.812. The van der Waals surface area contributed by atoms with Gasteiger partial charge in [-0.05, 0) is 50.0 Å². The van der Waals surface area contributed by atoms with Crippen molar-refractivity contribution in [3.63, 3.8) is 0 Å². The zero-order valence-corrected chi connectivity index (χ0v) is 12.1. The van der Waals surface area contributed by atoms with Gasteiger partial charge in [0, 0.05) is 18.7 Å². The van der Waals surface area contributed by atoms with E-state index in [2.05, 4.69) is 31.2 Å². The van der Waals surface area contributed by atoms with Crippen LogP contribution in [0.5, 0.6) is 0 Å². The van der Waals surface area contributed by atoms with Gasteiger partial charge in [-0.25, -0.2) is 0 Å². The number of nitrogens with zero attached hydrogens (tertiary/aromatic N) is 2. The van der Waals surface area contributed by atoms with Gasteiger partial charge >= 0.3 is 0 Å². The van der Waals surface area contributed by atoms with Gasteiger partial charge in [-0.2, -0.15) is 5.10 Å². The molecule has 0 aliphatic heterocycles. The second-order valence-corrected chi connectivity index (χ2v) is 6.51. The van der Waals surface area contributed by atoms with Crippen LogP contribution in [0.4, 0.5) is 0 Å². The van der Waals surface area contributed by atoms with Crippen molar-refractivity contribution < 1.29 is 5.11 Å². The first-order valence-corrected chi connectivity index (χ1v) is 7.92. The summed E-state index contributed by atoms with van der Waals surface area (Å²) in [6.07, 6.45) is 9.13. The average molecular weight is 262 g/mol. The van der Waals surface area contributed by atoms with E-state index in [4.69, 9.17) is 0 Å². The maximum Gasteiger partial charge on any atom is 0.0650 e. The van der Waals surface area contributed by atoms with E-state index in [9.17, 15) is 5.11 Å². The molecule has 0 bridgehead atoms. The van der Waals surface area contributed by atoms with Gasteiger partial charge in [-0.15, -0.1) is 0 Å². The molecule has 2 saturated carbocycles. The van der Waals surface area contributed by atoms with Crippen LogP contribution < -0.4 is 0 Å². The molecule has 0 radical (unpaired) electrons. The third kappa shape index (κ3) is 2.58. The Morgan fingerprint density at radius 1 is 1.37 bits per heavy atom. The lowest BCUT2D eigenvalue weighted by Crippen LogP contribution is -2.16. The number of rotatable bonds is 5. The first-order valence-electron chi connectivity index (χ1n) is 7.92. The van der Waals surface area contributed by atoms with Crippen molar-refractivity contribution in [2.75, 3.05) is 0 Å². The summed E-state index contributed by atoms with van der Waals surface area (Å²) in [7, 11) is 0. The highest BCUT2D eigenvalue weighted by Gasteiger charge is 2.53. The largest absolute Gasteiger partial charge is 0.392 e. The normalized spacial score (nSPS) is 32.7. The molecule has 4 atom stereocenters. The van der Waals surface area contributed by atoms with Crippen LogP contribution in [0.2, 0.25) is 0 Å². The molecule has 0 amide bonds. The smallest absolute Gasteiger partial charge is 0.0650 e. The van der Waals surface area contributed by atoms with Crippen LogP contribution in [0.1, 0.15) is 57.7 Å². The van der Waals surface area contributed by atoms with Crippen molar-refractivity contribution in [1.82, 2.24) is 9.78 Å². The monoisotopic (exact) mass is 262 g/mol. The minimum absolute atomic E-state index is 0.173. The molecule has 1 N–H and O–H groups in total. The van der Waals surface area contributed by atoms with Crippen LogP contribution >= 0.6 is 0 Å². The summed E-state index contributed by atoms with van der Waals surface area (Å²) < 4.78 is 2.03. The van der Waals surface area contributed by atoms with E-state index in [-0.39, 0.29) is 6.10 Å². The molecule has 3 rings (SSSR count). The standard InChI is InChI=1S/C16H26N2O/c1-3-11(2)18-9-8-12(17-18)10-15(19)16-13-6-4-5-7-14(13)16/h8-9,11,13-16,19H,3-7,10H2,1-2H3. The summed E-state index contributed by atoms with van der Waals surface area (Å²) in [5.74, 6) is 2.21. The zero-order valence-electron chi connectivity index (χ0n) is 12.1. The van der Waals surface area contributed by atoms with Crippen LogP contribution in [0.25, 0.3) is 0 Å². The Morgan fingerprint density at radius 3 is 2.68 bits per heavy atom. The molecule has 19 heavy (non-hydrogen) atoms. The maximum absolute atomic E-state index is 10.4. The molecule has 1 aromatic heterocycles. The van der Waals surface area contributed by atoms with Gasteiger partial charge < -0.3 is 5.11 Å². The molecule has 3 nitrogen and oxygen atoms in total. The van der Waals surface area contributed by atoms with Crippen molar-refractivity contribution >= 4 is 0 Å². The average Bonchev–Trinajstić information content (AvgIpc) is 2.99. The molecule has 1 aromatic rings. The van der Waals surface area contributed by atoms with Gasteiger partial charge in [0.1, 0.15) is 0 Å². The van der Waals surface area contributed by atoms with Crippen LogP contribution in [0.15, 0.2) is 12.3 Å². The minimum Gasteiger partial charge on any atom is -0.392 e. The van der Waals surface area contributed by atoms with E-state index in [0.717, 1.165) is 30.4 Å². The number of aliphatic hydroxyl groups excluding tert-OH is 1. The molecule has 4 unspecified atom stereocenters. The lowest BCUT2D eigenvalue weighted by atomic mass is 10.0. The third-order valence-corrected chi connectivity index (χ3v) is 5.29. The second-order valence-electron chi connectivity index (χ2n) is 6.51. The molecule has 3 heteroatoms. The summed E-state index contributed by atoms with van der Waals surface area (Å²) in [4.78, 5) is 0. The van der Waals surface area contributed by atoms with E-state index in [0.29, 0.717) is 12.0 Å². The lowest BCUT2D eigenvalue weighted by Gasteiger charge is -2.10. The number of aromatic nitrogens is 2. The molecule has 0 aromatic carbocycles. The summed E-state index contributed by atoms with van der Waals surface area (Å²) >= 11 is 0. The Morgan fingerprint density at radius 2 is 2.05 bits per heavy atom. The predicted molar refractivity (Wildman–Crippen MR) is 75.9 cm³/mol. The second kappa shape index (κ2) is 5.28. The Balaban J connectivity index is 1.58. The van der Waals surface area contributed by atoms with Gasteiger partial charge in [0.05, 0.1) is 11.8 Å². The first kappa shape index (κ1) is 13.2. The molecule has 2 aliphatic carbocycles. The van der Waals surface area contributed by atoms with Gasteiger partial charge in [0.15, 0.2) is 0 Å². The van der Waals surface area contributed by atoms with E-state index in [1.807, 2.05) is 4.68 Å². The van der Waals surface area contributed by atoms with Crippen LogP contribution in [-0.2, 0) is 6.42 Å². The molecular weight excluding hydrogens is 236 g/mol. The van der Waals surface area contributed by atoms with Gasteiger partial charge in [0.2, 0.25) is 0 Å². The van der Waals surface area contributed by atoms with Gasteiger partial charge in [-0.1, -0.05) is 19.8 Å². The van der Waals surface area contributed by atoms with Crippen molar-refractivity contribution in [2.24, 2.45) is 17.8 Å². The van der Waals surface area contributed by atoms with E-state index >= 15 is 0 Å². The fourth-order valence-corrected chi connectivity index (χ4v) is 3.89.